The lowest BCUT2D eigenvalue weighted by Crippen LogP contribution is -1.92. The van der Waals surface area contributed by atoms with Crippen molar-refractivity contribution in [1.29, 1.82) is 0 Å². The highest BCUT2D eigenvalue weighted by Crippen LogP contribution is 2.21. The average Bonchev–Trinajstić information content (AvgIpc) is 1.97. The molecular formula is C7H7Cl2NO. The van der Waals surface area contributed by atoms with Crippen molar-refractivity contribution in [2.45, 2.75) is 13.5 Å². The first-order chi connectivity index (χ1) is 5.15. The van der Waals surface area contributed by atoms with Crippen LogP contribution in [0.5, 0.6) is 0 Å². The molecule has 1 aromatic rings. The zero-order valence-corrected chi connectivity index (χ0v) is 7.45. The predicted octanol–water partition coefficient (Wildman–Crippen LogP) is 2.19. The second kappa shape index (κ2) is 3.39. The summed E-state index contributed by atoms with van der Waals surface area (Å²) in [5.74, 6) is 0. The van der Waals surface area contributed by atoms with Crippen LogP contribution in [0.4, 0.5) is 0 Å². The minimum Gasteiger partial charge on any atom is -0.392 e. The third-order valence-electron chi connectivity index (χ3n) is 1.40. The van der Waals surface area contributed by atoms with Gasteiger partial charge in [-0.15, -0.1) is 0 Å². The molecule has 11 heavy (non-hydrogen) atoms. The maximum atomic E-state index is 8.79. The van der Waals surface area contributed by atoms with E-state index >= 15 is 0 Å². The van der Waals surface area contributed by atoms with Gasteiger partial charge in [0.05, 0.1) is 11.6 Å². The molecule has 0 bridgehead atoms. The van der Waals surface area contributed by atoms with Crippen molar-refractivity contribution >= 4 is 23.2 Å². The number of aromatic nitrogens is 1. The third kappa shape index (κ3) is 1.83. The summed E-state index contributed by atoms with van der Waals surface area (Å²) in [6.07, 6.45) is 0. The normalized spacial score (nSPS) is 10.2. The summed E-state index contributed by atoms with van der Waals surface area (Å²) in [4.78, 5) is 3.92. The second-order valence-corrected chi connectivity index (χ2v) is 2.93. The fraction of sp³-hybridized carbons (Fsp3) is 0.286. The first kappa shape index (κ1) is 8.78. The van der Waals surface area contributed by atoms with Crippen molar-refractivity contribution in [3.8, 4) is 0 Å². The predicted molar refractivity (Wildman–Crippen MR) is 44.9 cm³/mol. The highest BCUT2D eigenvalue weighted by atomic mass is 35.5. The van der Waals surface area contributed by atoms with E-state index in [0.29, 0.717) is 16.3 Å². The summed E-state index contributed by atoms with van der Waals surface area (Å²) in [6, 6.07) is 1.62. The largest absolute Gasteiger partial charge is 0.392 e. The Morgan fingerprint density at radius 2 is 2.18 bits per heavy atom. The Morgan fingerprint density at radius 3 is 2.73 bits per heavy atom. The Labute approximate surface area is 74.8 Å². The molecule has 0 unspecified atom stereocenters. The monoisotopic (exact) mass is 191 g/mol. The molecule has 4 heteroatoms. The highest BCUT2D eigenvalue weighted by Gasteiger charge is 2.03. The Hall–Kier alpha value is -0.310. The van der Waals surface area contributed by atoms with Crippen molar-refractivity contribution < 1.29 is 5.11 Å². The van der Waals surface area contributed by atoms with Gasteiger partial charge in [0, 0.05) is 11.3 Å². The maximum Gasteiger partial charge on any atom is 0.147 e. The molecule has 0 amide bonds. The fourth-order valence-electron chi connectivity index (χ4n) is 0.749. The zero-order valence-electron chi connectivity index (χ0n) is 5.93. The highest BCUT2D eigenvalue weighted by molar-refractivity contribution is 6.41. The number of halogens is 2. The quantitative estimate of drug-likeness (QED) is 0.691. The fourth-order valence-corrected chi connectivity index (χ4v) is 1.10. The molecule has 0 aliphatic carbocycles. The first-order valence-electron chi connectivity index (χ1n) is 3.07. The van der Waals surface area contributed by atoms with Crippen LogP contribution in [0.1, 0.15) is 11.3 Å². The van der Waals surface area contributed by atoms with Crippen LogP contribution in [-0.2, 0) is 6.61 Å². The van der Waals surface area contributed by atoms with Crippen molar-refractivity contribution in [3.05, 3.63) is 27.5 Å². The van der Waals surface area contributed by atoms with Gasteiger partial charge >= 0.3 is 0 Å². The molecule has 0 aliphatic rings. The summed E-state index contributed by atoms with van der Waals surface area (Å²) in [5, 5.41) is 9.45. The lowest BCUT2D eigenvalue weighted by molar-refractivity contribution is 0.280. The number of nitrogens with zero attached hydrogens (tertiary/aromatic N) is 1. The molecule has 0 saturated heterocycles. The summed E-state index contributed by atoms with van der Waals surface area (Å²) >= 11 is 11.3. The van der Waals surface area contributed by atoms with Crippen molar-refractivity contribution in [2.75, 3.05) is 0 Å². The molecule has 0 atom stereocenters. The number of aliphatic hydroxyl groups is 1. The molecule has 1 heterocycles. The Kier molecular flexibility index (Phi) is 2.71. The smallest absolute Gasteiger partial charge is 0.147 e. The van der Waals surface area contributed by atoms with Crippen LogP contribution in [-0.4, -0.2) is 10.1 Å². The standard InChI is InChI=1S/C7H7Cl2NO/c1-4-5(3-11)2-6(8)7(9)10-4/h2,11H,3H2,1H3. The minimum atomic E-state index is -0.0598. The van der Waals surface area contributed by atoms with Gasteiger partial charge in [0.2, 0.25) is 0 Å². The summed E-state index contributed by atoms with van der Waals surface area (Å²) in [5.41, 5.74) is 1.42. The molecule has 2 nitrogen and oxygen atoms in total. The van der Waals surface area contributed by atoms with E-state index in [4.69, 9.17) is 28.3 Å². The molecule has 1 rings (SSSR count). The number of hydrogen-bond donors (Lipinski definition) is 1. The molecule has 1 aromatic heterocycles. The number of aryl methyl sites for hydroxylation is 1. The molecule has 0 aromatic carbocycles. The van der Waals surface area contributed by atoms with Crippen LogP contribution in [0, 0.1) is 6.92 Å². The lowest BCUT2D eigenvalue weighted by Gasteiger charge is -2.02. The van der Waals surface area contributed by atoms with Crippen molar-refractivity contribution in [2.24, 2.45) is 0 Å². The van der Waals surface area contributed by atoms with Crippen LogP contribution in [0.2, 0.25) is 10.2 Å². The first-order valence-corrected chi connectivity index (χ1v) is 3.83. The van der Waals surface area contributed by atoms with Gasteiger partial charge in [-0.2, -0.15) is 0 Å². The van der Waals surface area contributed by atoms with Crippen LogP contribution in [0.15, 0.2) is 6.07 Å². The summed E-state index contributed by atoms with van der Waals surface area (Å²) < 4.78 is 0. The van der Waals surface area contributed by atoms with Gasteiger partial charge in [-0.25, -0.2) is 4.98 Å². The number of pyridine rings is 1. The topological polar surface area (TPSA) is 33.1 Å². The summed E-state index contributed by atoms with van der Waals surface area (Å²) in [6.45, 7) is 1.71. The molecule has 1 N–H and O–H groups in total. The number of rotatable bonds is 1. The average molecular weight is 192 g/mol. The second-order valence-electron chi connectivity index (χ2n) is 2.16. The van der Waals surface area contributed by atoms with Crippen LogP contribution < -0.4 is 0 Å². The van der Waals surface area contributed by atoms with E-state index in [1.165, 1.54) is 0 Å². The van der Waals surface area contributed by atoms with E-state index in [1.807, 2.05) is 0 Å². The Morgan fingerprint density at radius 1 is 1.55 bits per heavy atom. The number of hydrogen-bond acceptors (Lipinski definition) is 2. The molecule has 0 fully saturated rings. The van der Waals surface area contributed by atoms with Gasteiger partial charge in [-0.3, -0.25) is 0 Å². The van der Waals surface area contributed by atoms with Gasteiger partial charge < -0.3 is 5.11 Å². The molecule has 0 radical (unpaired) electrons. The molecular weight excluding hydrogens is 185 g/mol. The van der Waals surface area contributed by atoms with E-state index in [0.717, 1.165) is 0 Å². The Balaban J connectivity index is 3.21. The zero-order chi connectivity index (χ0) is 8.43. The van der Waals surface area contributed by atoms with E-state index < -0.39 is 0 Å². The lowest BCUT2D eigenvalue weighted by atomic mass is 10.2. The van der Waals surface area contributed by atoms with Crippen molar-refractivity contribution in [3.63, 3.8) is 0 Å². The van der Waals surface area contributed by atoms with Gasteiger partial charge in [-0.05, 0) is 13.0 Å². The molecule has 60 valence electrons. The van der Waals surface area contributed by atoms with E-state index in [9.17, 15) is 0 Å². The SMILES string of the molecule is Cc1nc(Cl)c(Cl)cc1CO. The molecule has 0 spiro atoms. The van der Waals surface area contributed by atoms with Crippen LogP contribution in [0.25, 0.3) is 0 Å². The van der Waals surface area contributed by atoms with E-state index in [1.54, 1.807) is 13.0 Å². The third-order valence-corrected chi connectivity index (χ3v) is 2.07. The maximum absolute atomic E-state index is 8.79. The van der Waals surface area contributed by atoms with E-state index in [-0.39, 0.29) is 11.8 Å². The van der Waals surface area contributed by atoms with Crippen LogP contribution in [0.3, 0.4) is 0 Å². The van der Waals surface area contributed by atoms with Crippen LogP contribution >= 0.6 is 23.2 Å². The van der Waals surface area contributed by atoms with E-state index in [2.05, 4.69) is 4.98 Å². The molecule has 0 saturated carbocycles. The Bertz CT molecular complexity index is 275. The van der Waals surface area contributed by atoms with Gasteiger partial charge in [0.1, 0.15) is 5.15 Å². The van der Waals surface area contributed by atoms with Gasteiger partial charge in [0.15, 0.2) is 0 Å². The molecule has 0 aliphatic heterocycles. The summed E-state index contributed by atoms with van der Waals surface area (Å²) in [7, 11) is 0. The van der Waals surface area contributed by atoms with Crippen molar-refractivity contribution in [1.82, 2.24) is 4.98 Å². The minimum absolute atomic E-state index is 0.0598. The number of aliphatic hydroxyl groups excluding tert-OH is 1. The van der Waals surface area contributed by atoms with Gasteiger partial charge in [-0.1, -0.05) is 23.2 Å². The van der Waals surface area contributed by atoms with Gasteiger partial charge in [0.25, 0.3) is 0 Å².